The highest BCUT2D eigenvalue weighted by molar-refractivity contribution is 5.92. The van der Waals surface area contributed by atoms with Gasteiger partial charge in [-0.3, -0.25) is 4.79 Å². The lowest BCUT2D eigenvalue weighted by atomic mass is 10.2. The van der Waals surface area contributed by atoms with Crippen LogP contribution < -0.4 is 19.7 Å². The number of amides is 1. The topological polar surface area (TPSA) is 76.6 Å². The molecule has 150 valence electrons. The van der Waals surface area contributed by atoms with Crippen molar-refractivity contribution in [3.8, 4) is 11.5 Å². The number of carbonyl (C=O) groups is 1. The summed E-state index contributed by atoms with van der Waals surface area (Å²) in [6.45, 7) is 4.56. The highest BCUT2D eigenvalue weighted by atomic mass is 16.5. The van der Waals surface area contributed by atoms with Gasteiger partial charge in [-0.15, -0.1) is 0 Å². The van der Waals surface area contributed by atoms with Gasteiger partial charge in [0.2, 0.25) is 5.95 Å². The van der Waals surface area contributed by atoms with Gasteiger partial charge in [0.1, 0.15) is 23.8 Å². The summed E-state index contributed by atoms with van der Waals surface area (Å²) < 4.78 is 10.8. The van der Waals surface area contributed by atoms with E-state index in [2.05, 4.69) is 20.2 Å². The lowest BCUT2D eigenvalue weighted by molar-refractivity contribution is 0.0941. The van der Waals surface area contributed by atoms with Crippen molar-refractivity contribution in [2.45, 2.75) is 32.6 Å². The monoisotopic (exact) mass is 384 g/mol. The molecule has 1 fully saturated rings. The fourth-order valence-electron chi connectivity index (χ4n) is 3.18. The van der Waals surface area contributed by atoms with Crippen molar-refractivity contribution in [1.29, 1.82) is 0 Å². The zero-order valence-electron chi connectivity index (χ0n) is 16.6. The van der Waals surface area contributed by atoms with E-state index in [0.29, 0.717) is 24.8 Å². The lowest BCUT2D eigenvalue weighted by Crippen LogP contribution is -2.31. The van der Waals surface area contributed by atoms with Crippen LogP contribution in [0.5, 0.6) is 11.5 Å². The molecule has 0 unspecified atom stereocenters. The molecule has 0 radical (unpaired) electrons. The highest BCUT2D eigenvalue weighted by Crippen LogP contribution is 2.17. The Labute approximate surface area is 166 Å². The van der Waals surface area contributed by atoms with Crippen LogP contribution in [-0.4, -0.2) is 49.2 Å². The Kier molecular flexibility index (Phi) is 7.06. The van der Waals surface area contributed by atoms with Crippen molar-refractivity contribution in [3.63, 3.8) is 0 Å². The number of ether oxygens (including phenoxy) is 2. The second kappa shape index (κ2) is 9.92. The van der Waals surface area contributed by atoms with E-state index in [0.717, 1.165) is 43.1 Å². The molecule has 7 nitrogen and oxygen atoms in total. The molecule has 2 aromatic rings. The van der Waals surface area contributed by atoms with E-state index in [1.165, 1.54) is 12.8 Å². The number of hydrogen-bond donors (Lipinski definition) is 1. The first-order chi connectivity index (χ1) is 13.7. The summed E-state index contributed by atoms with van der Waals surface area (Å²) in [7, 11) is 1.62. The van der Waals surface area contributed by atoms with Gasteiger partial charge in [0.15, 0.2) is 0 Å². The minimum absolute atomic E-state index is 0.208. The number of nitrogens with one attached hydrogen (secondary N) is 1. The molecule has 0 saturated carbocycles. The van der Waals surface area contributed by atoms with Crippen LogP contribution in [-0.2, 0) is 0 Å². The summed E-state index contributed by atoms with van der Waals surface area (Å²) in [5, 5.41) is 2.86. The fraction of sp³-hybridized carbons (Fsp3) is 0.476. The second-order valence-corrected chi connectivity index (χ2v) is 6.88. The van der Waals surface area contributed by atoms with Gasteiger partial charge >= 0.3 is 0 Å². The third-order valence-corrected chi connectivity index (χ3v) is 4.68. The molecule has 28 heavy (non-hydrogen) atoms. The van der Waals surface area contributed by atoms with Gasteiger partial charge in [0.25, 0.3) is 5.91 Å². The molecular formula is C21H28N4O3. The van der Waals surface area contributed by atoms with Crippen LogP contribution in [0, 0.1) is 6.92 Å². The quantitative estimate of drug-likeness (QED) is 0.740. The number of anilines is 1. The Balaban J connectivity index is 1.53. The molecule has 0 spiro atoms. The summed E-state index contributed by atoms with van der Waals surface area (Å²) in [4.78, 5) is 23.7. The molecule has 0 aliphatic carbocycles. The van der Waals surface area contributed by atoms with Crippen molar-refractivity contribution in [1.82, 2.24) is 15.3 Å². The van der Waals surface area contributed by atoms with Gasteiger partial charge in [0.05, 0.1) is 13.7 Å². The summed E-state index contributed by atoms with van der Waals surface area (Å²) in [6, 6.07) is 9.06. The van der Waals surface area contributed by atoms with Crippen molar-refractivity contribution in [2.24, 2.45) is 0 Å². The van der Waals surface area contributed by atoms with Gasteiger partial charge in [-0.2, -0.15) is 0 Å². The Morgan fingerprint density at radius 3 is 2.43 bits per heavy atom. The van der Waals surface area contributed by atoms with Crippen LogP contribution in [0.2, 0.25) is 0 Å². The maximum absolute atomic E-state index is 12.5. The number of methoxy groups -OCH3 is 1. The second-order valence-electron chi connectivity index (χ2n) is 6.88. The molecule has 0 atom stereocenters. The molecule has 1 aliphatic rings. The number of carbonyl (C=O) groups excluding carboxylic acids is 1. The van der Waals surface area contributed by atoms with E-state index in [4.69, 9.17) is 9.47 Å². The fourth-order valence-corrected chi connectivity index (χ4v) is 3.18. The Hall–Kier alpha value is -2.83. The Morgan fingerprint density at radius 1 is 1.07 bits per heavy atom. The molecule has 3 rings (SSSR count). The van der Waals surface area contributed by atoms with E-state index in [-0.39, 0.29) is 5.91 Å². The van der Waals surface area contributed by atoms with Crippen molar-refractivity contribution in [2.75, 3.05) is 38.3 Å². The summed E-state index contributed by atoms with van der Waals surface area (Å²) in [6.07, 6.45) is 4.76. The van der Waals surface area contributed by atoms with Crippen LogP contribution in [0.15, 0.2) is 30.3 Å². The SMILES string of the molecule is COc1ccc(OCCNC(=O)c2cc(C)nc(N3CCCCCC3)n2)cc1. The molecular weight excluding hydrogens is 356 g/mol. The molecule has 1 aromatic carbocycles. The number of nitrogens with zero attached hydrogens (tertiary/aromatic N) is 3. The maximum Gasteiger partial charge on any atom is 0.270 e. The third-order valence-electron chi connectivity index (χ3n) is 4.68. The number of aromatic nitrogens is 2. The molecule has 1 N–H and O–H groups in total. The number of hydrogen-bond acceptors (Lipinski definition) is 6. The molecule has 7 heteroatoms. The maximum atomic E-state index is 12.5. The first-order valence-corrected chi connectivity index (χ1v) is 9.81. The van der Waals surface area contributed by atoms with Crippen LogP contribution in [0.4, 0.5) is 5.95 Å². The predicted octanol–water partition coefficient (Wildman–Crippen LogP) is 2.98. The normalized spacial score (nSPS) is 14.3. The zero-order valence-corrected chi connectivity index (χ0v) is 16.6. The van der Waals surface area contributed by atoms with Crippen LogP contribution in [0.1, 0.15) is 41.9 Å². The minimum atomic E-state index is -0.208. The van der Waals surface area contributed by atoms with Gasteiger partial charge < -0.3 is 19.7 Å². The van der Waals surface area contributed by atoms with Crippen molar-refractivity contribution >= 4 is 11.9 Å². The van der Waals surface area contributed by atoms with Crippen LogP contribution >= 0.6 is 0 Å². The van der Waals surface area contributed by atoms with E-state index in [1.54, 1.807) is 13.2 Å². The molecule has 1 saturated heterocycles. The van der Waals surface area contributed by atoms with E-state index in [9.17, 15) is 4.79 Å². The molecule has 1 aromatic heterocycles. The first kappa shape index (κ1) is 19.9. The molecule has 2 heterocycles. The number of benzene rings is 1. The highest BCUT2D eigenvalue weighted by Gasteiger charge is 2.16. The van der Waals surface area contributed by atoms with E-state index in [1.807, 2.05) is 31.2 Å². The van der Waals surface area contributed by atoms with Gasteiger partial charge in [-0.1, -0.05) is 12.8 Å². The van der Waals surface area contributed by atoms with Gasteiger partial charge in [-0.05, 0) is 50.1 Å². The summed E-state index contributed by atoms with van der Waals surface area (Å²) >= 11 is 0. The van der Waals surface area contributed by atoms with Crippen molar-refractivity contribution in [3.05, 3.63) is 41.7 Å². The standard InChI is InChI=1S/C21H28N4O3/c1-16-15-19(24-21(23-16)25-12-5-3-4-6-13-25)20(26)22-11-14-28-18-9-7-17(27-2)8-10-18/h7-10,15H,3-6,11-14H2,1-2H3,(H,22,26). The molecule has 1 aliphatic heterocycles. The predicted molar refractivity (Wildman–Crippen MR) is 108 cm³/mol. The minimum Gasteiger partial charge on any atom is -0.497 e. The van der Waals surface area contributed by atoms with Crippen LogP contribution in [0.25, 0.3) is 0 Å². The summed E-state index contributed by atoms with van der Waals surface area (Å²) in [5.41, 5.74) is 1.20. The first-order valence-electron chi connectivity index (χ1n) is 9.81. The van der Waals surface area contributed by atoms with Gasteiger partial charge in [0, 0.05) is 18.8 Å². The third kappa shape index (κ3) is 5.58. The smallest absolute Gasteiger partial charge is 0.270 e. The number of aryl methyl sites for hydroxylation is 1. The van der Waals surface area contributed by atoms with Crippen LogP contribution in [0.3, 0.4) is 0 Å². The van der Waals surface area contributed by atoms with Gasteiger partial charge in [-0.25, -0.2) is 9.97 Å². The molecule has 1 amide bonds. The Morgan fingerprint density at radius 2 is 1.75 bits per heavy atom. The largest absolute Gasteiger partial charge is 0.497 e. The summed E-state index contributed by atoms with van der Waals surface area (Å²) in [5.74, 6) is 1.96. The average molecular weight is 384 g/mol. The lowest BCUT2D eigenvalue weighted by Gasteiger charge is -2.21. The van der Waals surface area contributed by atoms with E-state index < -0.39 is 0 Å². The zero-order chi connectivity index (χ0) is 19.8. The molecule has 0 bridgehead atoms. The van der Waals surface area contributed by atoms with Crippen molar-refractivity contribution < 1.29 is 14.3 Å². The van der Waals surface area contributed by atoms with E-state index >= 15 is 0 Å². The average Bonchev–Trinajstić information content (AvgIpc) is 3.00. The number of rotatable bonds is 7. The Bertz CT molecular complexity index is 772.